The van der Waals surface area contributed by atoms with E-state index in [1.54, 1.807) is 0 Å². The van der Waals surface area contributed by atoms with Crippen LogP contribution in [0.3, 0.4) is 0 Å². The maximum Gasteiger partial charge on any atom is 0.135 e. The van der Waals surface area contributed by atoms with Crippen LogP contribution in [-0.2, 0) is 37.3 Å². The van der Waals surface area contributed by atoms with E-state index < -0.39 is 5.41 Å². The van der Waals surface area contributed by atoms with Gasteiger partial charge in [-0.1, -0.05) is 138 Å². The van der Waals surface area contributed by atoms with Gasteiger partial charge in [0.25, 0.3) is 0 Å². The zero-order valence-electron chi connectivity index (χ0n) is 34.9. The van der Waals surface area contributed by atoms with Gasteiger partial charge in [-0.05, 0) is 86.5 Å². The molecule has 0 saturated carbocycles. The molecule has 1 aliphatic carbocycles. The molecule has 8 aromatic rings. The number of aromatic nitrogens is 2. The van der Waals surface area contributed by atoms with Crippen molar-refractivity contribution in [2.24, 2.45) is 0 Å². The number of pyridine rings is 1. The van der Waals surface area contributed by atoms with Crippen molar-refractivity contribution >= 4 is 51.0 Å². The van der Waals surface area contributed by atoms with Gasteiger partial charge in [0.2, 0.25) is 0 Å². The molecular formula is C54H45N4OPt-3. The Balaban J connectivity index is 0.00000433. The average molecular weight is 961 g/mol. The van der Waals surface area contributed by atoms with Gasteiger partial charge in [0.15, 0.2) is 0 Å². The van der Waals surface area contributed by atoms with Crippen molar-refractivity contribution in [2.45, 2.75) is 57.8 Å². The Morgan fingerprint density at radius 3 is 1.98 bits per heavy atom. The quantitative estimate of drug-likeness (QED) is 0.165. The van der Waals surface area contributed by atoms with Crippen LogP contribution >= 0.6 is 0 Å². The van der Waals surface area contributed by atoms with E-state index in [-0.39, 0.29) is 31.9 Å². The number of nitrogens with zero attached hydrogens (tertiary/aromatic N) is 4. The minimum Gasteiger partial charge on any atom is -0.509 e. The Kier molecular flexibility index (Phi) is 8.66. The molecule has 0 atom stereocenters. The fourth-order valence-electron chi connectivity index (χ4n) is 9.66. The molecule has 0 saturated heterocycles. The number of ether oxygens (including phenoxy) is 1. The molecule has 0 unspecified atom stereocenters. The SMILES string of the molecule is CN1[CH-]N2c3[c-]c(Oc4[c-]c5c(cc4)c4ccccc4n5-c4ccccn4)ccc3C3(c4cc(C(C)(C)C)ccc4C=Cc4ccc(C(C)(C)C)cc43)c3cccc1c32.[Pt]. The fourth-order valence-corrected chi connectivity index (χ4v) is 9.66. The first-order valence-corrected chi connectivity index (χ1v) is 20.5. The Bertz CT molecular complexity index is 2990. The fraction of sp³-hybridized carbons (Fsp3) is 0.185. The molecule has 300 valence electrons. The molecule has 0 amide bonds. The van der Waals surface area contributed by atoms with Crippen molar-refractivity contribution in [3.8, 4) is 17.3 Å². The molecule has 6 heteroatoms. The molecule has 60 heavy (non-hydrogen) atoms. The second kappa shape index (κ2) is 13.6. The summed E-state index contributed by atoms with van der Waals surface area (Å²) in [7, 11) is 2.14. The van der Waals surface area contributed by atoms with Crippen LogP contribution in [0.25, 0.3) is 39.8 Å². The van der Waals surface area contributed by atoms with Crippen LogP contribution in [0.15, 0.2) is 128 Å². The van der Waals surface area contributed by atoms with Crippen molar-refractivity contribution < 1.29 is 25.8 Å². The molecule has 4 heterocycles. The van der Waals surface area contributed by atoms with Crippen LogP contribution < -0.4 is 14.5 Å². The summed E-state index contributed by atoms with van der Waals surface area (Å²) in [5.41, 5.74) is 14.5. The van der Waals surface area contributed by atoms with E-state index in [4.69, 9.17) is 9.72 Å². The number of para-hydroxylation sites is 2. The van der Waals surface area contributed by atoms with E-state index >= 15 is 0 Å². The first-order chi connectivity index (χ1) is 28.4. The monoisotopic (exact) mass is 960 g/mol. The van der Waals surface area contributed by atoms with Crippen molar-refractivity contribution in [2.75, 3.05) is 16.8 Å². The van der Waals surface area contributed by atoms with E-state index in [0.717, 1.165) is 39.0 Å². The first-order valence-electron chi connectivity index (χ1n) is 20.5. The van der Waals surface area contributed by atoms with Gasteiger partial charge in [-0.3, -0.25) is 0 Å². The van der Waals surface area contributed by atoms with Gasteiger partial charge < -0.3 is 19.1 Å². The molecule has 1 spiro atoms. The zero-order valence-corrected chi connectivity index (χ0v) is 37.1. The minimum absolute atomic E-state index is 0. The molecule has 6 aromatic carbocycles. The van der Waals surface area contributed by atoms with Crippen LogP contribution in [0.5, 0.6) is 11.5 Å². The molecule has 0 N–H and O–H groups in total. The van der Waals surface area contributed by atoms with Crippen LogP contribution in [0.1, 0.15) is 86.1 Å². The van der Waals surface area contributed by atoms with Gasteiger partial charge in [-0.15, -0.1) is 35.2 Å². The normalized spacial score (nSPS) is 14.7. The summed E-state index contributed by atoms with van der Waals surface area (Å²) < 4.78 is 8.98. The molecule has 3 aliphatic rings. The van der Waals surface area contributed by atoms with Gasteiger partial charge in [-0.2, -0.15) is 18.8 Å². The van der Waals surface area contributed by atoms with E-state index in [2.05, 4.69) is 191 Å². The standard InChI is InChI=1S/C54H45N4O.Pt/c1-52(2,3)36-22-20-34-18-19-35-21-23-37(53(4,5)6)30-45(35)54(44(34)29-36)42-27-25-39(32-49(42)57-33-56(7)47-16-12-14-43(54)51(47)57)59-38-24-26-41-40-13-8-9-15-46(40)58(48(41)31-38)50-17-10-11-28-55-50;/h8-30,33H,1-7H3;/q-3;. The Morgan fingerprint density at radius 1 is 0.633 bits per heavy atom. The minimum atomic E-state index is -0.670. The third-order valence-electron chi connectivity index (χ3n) is 12.6. The van der Waals surface area contributed by atoms with Gasteiger partial charge in [0.05, 0.1) is 0 Å². The molecule has 2 aliphatic heterocycles. The molecule has 0 bridgehead atoms. The molecule has 11 rings (SSSR count). The molecule has 0 radical (unpaired) electrons. The topological polar surface area (TPSA) is 33.5 Å². The van der Waals surface area contributed by atoms with Crippen molar-refractivity contribution in [1.29, 1.82) is 0 Å². The largest absolute Gasteiger partial charge is 0.509 e. The Hall–Kier alpha value is -5.90. The predicted octanol–water partition coefficient (Wildman–Crippen LogP) is 13.1. The van der Waals surface area contributed by atoms with E-state index in [1.807, 2.05) is 30.5 Å². The van der Waals surface area contributed by atoms with Crippen LogP contribution in [0.4, 0.5) is 17.1 Å². The maximum atomic E-state index is 6.82. The van der Waals surface area contributed by atoms with E-state index in [0.29, 0.717) is 11.5 Å². The van der Waals surface area contributed by atoms with Crippen LogP contribution in [-0.4, -0.2) is 16.6 Å². The first kappa shape index (κ1) is 38.3. The van der Waals surface area contributed by atoms with Crippen molar-refractivity contribution in [3.63, 3.8) is 0 Å². The van der Waals surface area contributed by atoms with E-state index in [1.165, 1.54) is 50.2 Å². The van der Waals surface area contributed by atoms with Crippen molar-refractivity contribution in [1.82, 2.24) is 9.55 Å². The Labute approximate surface area is 367 Å². The number of fused-ring (bicyclic) bond motifs is 11. The maximum absolute atomic E-state index is 6.82. The number of benzene rings is 6. The Morgan fingerprint density at radius 2 is 1.30 bits per heavy atom. The molecule has 2 aromatic heterocycles. The molecule has 5 nitrogen and oxygen atoms in total. The summed E-state index contributed by atoms with van der Waals surface area (Å²) in [4.78, 5) is 9.28. The van der Waals surface area contributed by atoms with Crippen LogP contribution in [0.2, 0.25) is 0 Å². The van der Waals surface area contributed by atoms with Gasteiger partial charge in [0.1, 0.15) is 5.82 Å². The third-order valence-corrected chi connectivity index (χ3v) is 12.6. The number of hydrogen-bond donors (Lipinski definition) is 0. The third kappa shape index (κ3) is 5.58. The summed E-state index contributed by atoms with van der Waals surface area (Å²) in [5.74, 6) is 2.07. The number of rotatable bonds is 3. The van der Waals surface area contributed by atoms with Gasteiger partial charge in [-0.25, -0.2) is 4.98 Å². The number of hydrogen-bond acceptors (Lipinski definition) is 4. The predicted molar refractivity (Wildman–Crippen MR) is 242 cm³/mol. The molecular weight excluding hydrogens is 916 g/mol. The summed E-state index contributed by atoms with van der Waals surface area (Å²) in [6.45, 7) is 16.0. The molecule has 0 fully saturated rings. The second-order valence-electron chi connectivity index (χ2n) is 18.3. The van der Waals surface area contributed by atoms with Crippen LogP contribution in [0, 0.1) is 18.8 Å². The van der Waals surface area contributed by atoms with Gasteiger partial charge in [0, 0.05) is 61.1 Å². The number of anilines is 3. The summed E-state index contributed by atoms with van der Waals surface area (Å²) in [6, 6.07) is 51.5. The van der Waals surface area contributed by atoms with Gasteiger partial charge >= 0.3 is 0 Å². The second-order valence-corrected chi connectivity index (χ2v) is 18.3. The summed E-state index contributed by atoms with van der Waals surface area (Å²) >= 11 is 0. The zero-order chi connectivity index (χ0) is 40.4. The smallest absolute Gasteiger partial charge is 0.135 e. The van der Waals surface area contributed by atoms with Crippen molar-refractivity contribution in [3.05, 3.63) is 191 Å². The summed E-state index contributed by atoms with van der Waals surface area (Å²) in [6.07, 6.45) is 6.46. The average Bonchev–Trinajstić information content (AvgIpc) is 3.70. The summed E-state index contributed by atoms with van der Waals surface area (Å²) in [5, 5.41) is 2.24. The van der Waals surface area contributed by atoms with E-state index in [9.17, 15) is 0 Å².